The van der Waals surface area contributed by atoms with Crippen LogP contribution in [0.2, 0.25) is 0 Å². The zero-order chi connectivity index (χ0) is 44.4. The van der Waals surface area contributed by atoms with Crippen molar-refractivity contribution in [3.63, 3.8) is 0 Å². The average Bonchev–Trinajstić information content (AvgIpc) is 3.26. The summed E-state index contributed by atoms with van der Waals surface area (Å²) >= 11 is 0. The fourth-order valence-corrected chi connectivity index (χ4v) is 7.89. The van der Waals surface area contributed by atoms with Crippen LogP contribution in [0.25, 0.3) is 0 Å². The predicted octanol–water partition coefficient (Wildman–Crippen LogP) is 17.5. The maximum atomic E-state index is 12.8. The normalized spacial score (nSPS) is 12.1. The van der Waals surface area contributed by atoms with Crippen molar-refractivity contribution in [2.24, 2.45) is 0 Å². The summed E-state index contributed by atoms with van der Waals surface area (Å²) in [5, 5.41) is 0. The molecule has 0 saturated heterocycles. The van der Waals surface area contributed by atoms with E-state index in [-0.39, 0.29) is 31.1 Å². The number of carbonyl (C=O) groups is 3. The Morgan fingerprint density at radius 2 is 0.590 bits per heavy atom. The van der Waals surface area contributed by atoms with E-state index in [1.165, 1.54) is 173 Å². The molecule has 0 bridgehead atoms. The van der Waals surface area contributed by atoms with Gasteiger partial charge in [0.2, 0.25) is 0 Å². The van der Waals surface area contributed by atoms with Gasteiger partial charge in [0.05, 0.1) is 0 Å². The molecule has 6 heteroatoms. The van der Waals surface area contributed by atoms with Crippen LogP contribution in [0, 0.1) is 0 Å². The maximum Gasteiger partial charge on any atom is 0.306 e. The van der Waals surface area contributed by atoms with Crippen LogP contribution in [-0.2, 0) is 28.6 Å². The van der Waals surface area contributed by atoms with Crippen molar-refractivity contribution in [2.45, 2.75) is 297 Å². The highest BCUT2D eigenvalue weighted by Crippen LogP contribution is 2.16. The third-order valence-corrected chi connectivity index (χ3v) is 12.0. The number of rotatable bonds is 49. The predicted molar refractivity (Wildman–Crippen MR) is 261 cm³/mol. The second-order valence-electron chi connectivity index (χ2n) is 18.2. The van der Waals surface area contributed by atoms with E-state index in [0.717, 1.165) is 77.0 Å². The Labute approximate surface area is 379 Å². The van der Waals surface area contributed by atoms with Crippen LogP contribution < -0.4 is 0 Å². The molecule has 0 rings (SSSR count). The number of hydrogen-bond donors (Lipinski definition) is 0. The Balaban J connectivity index is 4.31. The van der Waals surface area contributed by atoms with Crippen molar-refractivity contribution in [3.05, 3.63) is 24.3 Å². The van der Waals surface area contributed by atoms with Gasteiger partial charge >= 0.3 is 17.9 Å². The summed E-state index contributed by atoms with van der Waals surface area (Å²) in [5.41, 5.74) is 0. The molecule has 0 aromatic carbocycles. The Hall–Kier alpha value is -2.11. The topological polar surface area (TPSA) is 78.9 Å². The molecule has 0 aromatic rings. The van der Waals surface area contributed by atoms with Gasteiger partial charge in [0, 0.05) is 19.3 Å². The third kappa shape index (κ3) is 48.8. The van der Waals surface area contributed by atoms with E-state index >= 15 is 0 Å². The van der Waals surface area contributed by atoms with E-state index in [1.54, 1.807) is 0 Å². The molecule has 1 unspecified atom stereocenters. The van der Waals surface area contributed by atoms with E-state index in [9.17, 15) is 14.4 Å². The highest BCUT2D eigenvalue weighted by molar-refractivity contribution is 5.71. The number of ether oxygens (including phenoxy) is 3. The monoisotopic (exact) mass is 859 g/mol. The van der Waals surface area contributed by atoms with Crippen molar-refractivity contribution in [3.8, 4) is 0 Å². The summed E-state index contributed by atoms with van der Waals surface area (Å²) in [6.07, 6.45) is 57.3. The first kappa shape index (κ1) is 58.9. The lowest BCUT2D eigenvalue weighted by molar-refractivity contribution is -0.167. The molecule has 0 radical (unpaired) electrons. The second-order valence-corrected chi connectivity index (χ2v) is 18.2. The van der Waals surface area contributed by atoms with Crippen molar-refractivity contribution < 1.29 is 28.6 Å². The molecule has 0 fully saturated rings. The minimum absolute atomic E-state index is 0.0721. The Kier molecular flexibility index (Phi) is 48.8. The van der Waals surface area contributed by atoms with Crippen LogP contribution in [0.4, 0.5) is 0 Å². The summed E-state index contributed by atoms with van der Waals surface area (Å²) in [5.74, 6) is -0.872. The average molecular weight is 859 g/mol. The molecule has 358 valence electrons. The maximum absolute atomic E-state index is 12.8. The van der Waals surface area contributed by atoms with Gasteiger partial charge in [0.1, 0.15) is 13.2 Å². The van der Waals surface area contributed by atoms with Crippen molar-refractivity contribution in [2.75, 3.05) is 13.2 Å². The van der Waals surface area contributed by atoms with Crippen molar-refractivity contribution in [1.29, 1.82) is 0 Å². The van der Waals surface area contributed by atoms with E-state index in [2.05, 4.69) is 45.1 Å². The zero-order valence-electron chi connectivity index (χ0n) is 40.9. The van der Waals surface area contributed by atoms with Crippen molar-refractivity contribution in [1.82, 2.24) is 0 Å². The minimum Gasteiger partial charge on any atom is -0.462 e. The van der Waals surface area contributed by atoms with Gasteiger partial charge in [0.15, 0.2) is 6.10 Å². The first-order valence-electron chi connectivity index (χ1n) is 26.8. The highest BCUT2D eigenvalue weighted by Gasteiger charge is 2.19. The van der Waals surface area contributed by atoms with Gasteiger partial charge in [-0.3, -0.25) is 14.4 Å². The van der Waals surface area contributed by atoms with Gasteiger partial charge in [-0.15, -0.1) is 0 Å². The van der Waals surface area contributed by atoms with Gasteiger partial charge in [-0.2, -0.15) is 0 Å². The van der Waals surface area contributed by atoms with Crippen molar-refractivity contribution >= 4 is 17.9 Å². The van der Waals surface area contributed by atoms with E-state index < -0.39 is 6.10 Å². The molecule has 0 spiro atoms. The van der Waals surface area contributed by atoms with Crippen LogP contribution in [0.15, 0.2) is 24.3 Å². The highest BCUT2D eigenvalue weighted by atomic mass is 16.6. The van der Waals surface area contributed by atoms with Crippen LogP contribution in [0.1, 0.15) is 290 Å². The van der Waals surface area contributed by atoms with E-state index in [1.807, 2.05) is 0 Å². The molecule has 0 aliphatic heterocycles. The van der Waals surface area contributed by atoms with Crippen LogP contribution in [-0.4, -0.2) is 37.2 Å². The quantitative estimate of drug-likeness (QED) is 0.0262. The molecule has 0 aromatic heterocycles. The molecular weight excluding hydrogens is 757 g/mol. The Morgan fingerprint density at radius 3 is 0.918 bits per heavy atom. The fourth-order valence-electron chi connectivity index (χ4n) is 7.89. The smallest absolute Gasteiger partial charge is 0.306 e. The summed E-state index contributed by atoms with van der Waals surface area (Å²) in [4.78, 5) is 37.9. The molecular formula is C55H102O6. The lowest BCUT2D eigenvalue weighted by atomic mass is 10.0. The van der Waals surface area contributed by atoms with Gasteiger partial charge < -0.3 is 14.2 Å². The molecule has 0 aliphatic carbocycles. The van der Waals surface area contributed by atoms with Gasteiger partial charge in [-0.05, 0) is 51.4 Å². The molecule has 0 saturated carbocycles. The molecule has 0 amide bonds. The van der Waals surface area contributed by atoms with Gasteiger partial charge in [-0.1, -0.05) is 244 Å². The number of unbranched alkanes of at least 4 members (excludes halogenated alkanes) is 34. The van der Waals surface area contributed by atoms with Gasteiger partial charge in [0.25, 0.3) is 0 Å². The molecule has 61 heavy (non-hydrogen) atoms. The minimum atomic E-state index is -0.772. The van der Waals surface area contributed by atoms with Crippen LogP contribution in [0.5, 0.6) is 0 Å². The number of carbonyl (C=O) groups excluding carboxylic acids is 3. The van der Waals surface area contributed by atoms with Crippen LogP contribution in [0.3, 0.4) is 0 Å². The molecule has 0 N–H and O–H groups in total. The second kappa shape index (κ2) is 50.5. The number of allylic oxidation sites excluding steroid dienone is 4. The third-order valence-electron chi connectivity index (χ3n) is 12.0. The van der Waals surface area contributed by atoms with E-state index in [4.69, 9.17) is 14.2 Å². The lowest BCUT2D eigenvalue weighted by Crippen LogP contribution is -2.30. The number of esters is 3. The first-order chi connectivity index (χ1) is 30.0. The zero-order valence-corrected chi connectivity index (χ0v) is 40.9. The Morgan fingerprint density at radius 1 is 0.328 bits per heavy atom. The largest absolute Gasteiger partial charge is 0.462 e. The lowest BCUT2D eigenvalue weighted by Gasteiger charge is -2.18. The van der Waals surface area contributed by atoms with E-state index in [0.29, 0.717) is 19.3 Å². The van der Waals surface area contributed by atoms with Gasteiger partial charge in [-0.25, -0.2) is 0 Å². The summed E-state index contributed by atoms with van der Waals surface area (Å²) in [6.45, 7) is 6.63. The molecule has 6 nitrogen and oxygen atoms in total. The molecule has 0 heterocycles. The Bertz CT molecular complexity index is 989. The van der Waals surface area contributed by atoms with Crippen LogP contribution >= 0.6 is 0 Å². The SMILES string of the molecule is CCCCCC/C=C\C/C=C\CCCCCCCC(=O)OC(COC(=O)CCCCCCCCCCCC)COC(=O)CCCCCCCCCCCCCCCCCCC. The summed E-state index contributed by atoms with van der Waals surface area (Å²) in [7, 11) is 0. The fraction of sp³-hybridized carbons (Fsp3) is 0.873. The summed E-state index contributed by atoms with van der Waals surface area (Å²) < 4.78 is 16.8. The molecule has 1 atom stereocenters. The summed E-state index contributed by atoms with van der Waals surface area (Å²) in [6, 6.07) is 0. The standard InChI is InChI=1S/C55H102O6/c1-4-7-10-13-16-19-22-24-26-28-30-31-33-36-39-42-45-48-54(57)60-51-52(50-59-53(56)47-44-41-38-35-21-18-15-12-9-6-3)61-55(58)49-46-43-40-37-34-32-29-27-25-23-20-17-14-11-8-5-2/h20,23,27,29,52H,4-19,21-22,24-26,28,30-51H2,1-3H3/b23-20-,29-27-. The number of hydrogen-bond acceptors (Lipinski definition) is 6. The first-order valence-corrected chi connectivity index (χ1v) is 26.8. The molecule has 0 aliphatic rings.